The maximum Gasteiger partial charge on any atom is 0.221 e. The van der Waals surface area contributed by atoms with Crippen LogP contribution in [0.15, 0.2) is 5.38 Å². The highest BCUT2D eigenvalue weighted by Crippen LogP contribution is 2.19. The van der Waals surface area contributed by atoms with Gasteiger partial charge in [0.2, 0.25) is 5.91 Å². The summed E-state index contributed by atoms with van der Waals surface area (Å²) in [6, 6.07) is -0.0621. The molecule has 5 nitrogen and oxygen atoms in total. The van der Waals surface area contributed by atoms with Crippen LogP contribution in [0.5, 0.6) is 0 Å². The molecular weight excluding hydrogens is 367 g/mol. The van der Waals surface area contributed by atoms with Crippen molar-refractivity contribution in [2.24, 2.45) is 11.7 Å². The van der Waals surface area contributed by atoms with Crippen molar-refractivity contribution < 1.29 is 4.79 Å². The van der Waals surface area contributed by atoms with Gasteiger partial charge in [-0.25, -0.2) is 4.98 Å². The lowest BCUT2D eigenvalue weighted by Crippen LogP contribution is -2.39. The summed E-state index contributed by atoms with van der Waals surface area (Å²) in [5, 5.41) is 6.41. The molecule has 1 aromatic rings. The van der Waals surface area contributed by atoms with E-state index in [-0.39, 0.29) is 36.8 Å². The predicted molar refractivity (Wildman–Crippen MR) is 105 cm³/mol. The van der Waals surface area contributed by atoms with Crippen LogP contribution in [0.3, 0.4) is 0 Å². The molecule has 0 radical (unpaired) electrons. The third-order valence-corrected chi connectivity index (χ3v) is 5.13. The van der Waals surface area contributed by atoms with E-state index >= 15 is 0 Å². The normalized spacial score (nSPS) is 16.8. The first kappa shape index (κ1) is 23.6. The second-order valence-electron chi connectivity index (χ2n) is 6.29. The molecule has 0 aromatic carbocycles. The molecule has 2 rings (SSSR count). The zero-order chi connectivity index (χ0) is 15.9. The molecule has 1 saturated heterocycles. The molecule has 1 fully saturated rings. The van der Waals surface area contributed by atoms with Gasteiger partial charge in [-0.15, -0.1) is 36.2 Å². The van der Waals surface area contributed by atoms with Crippen molar-refractivity contribution in [2.75, 3.05) is 19.6 Å². The fourth-order valence-electron chi connectivity index (χ4n) is 2.78. The number of nitrogens with two attached hydrogens (primary N) is 1. The van der Waals surface area contributed by atoms with E-state index in [1.165, 1.54) is 10.7 Å². The lowest BCUT2D eigenvalue weighted by molar-refractivity contribution is -0.121. The number of aromatic nitrogens is 1. The molecule has 1 aromatic heterocycles. The first-order chi connectivity index (χ1) is 10.6. The molecule has 2 heterocycles. The Kier molecular flexibility index (Phi) is 11.8. The largest absolute Gasteiger partial charge is 0.356 e. The van der Waals surface area contributed by atoms with Crippen molar-refractivity contribution in [1.29, 1.82) is 0 Å². The van der Waals surface area contributed by atoms with Crippen LogP contribution < -0.4 is 11.1 Å². The van der Waals surface area contributed by atoms with Gasteiger partial charge in [0.15, 0.2) is 0 Å². The van der Waals surface area contributed by atoms with Gasteiger partial charge in [-0.2, -0.15) is 0 Å². The minimum Gasteiger partial charge on any atom is -0.356 e. The lowest BCUT2D eigenvalue weighted by atomic mass is 9.96. The minimum absolute atomic E-state index is 0. The number of aryl methyl sites for hydroxylation is 1. The Morgan fingerprint density at radius 2 is 2.12 bits per heavy atom. The standard InChI is InChI=1S/C16H28N4OS.2ClH/c1-3-16-19-14(11-22-16)10-20-6-4-13(5-7-20)9-18-15(21)8-12(2)17;;/h11-13H,3-10,17H2,1-2H3,(H,18,21);2*1H. The summed E-state index contributed by atoms with van der Waals surface area (Å²) >= 11 is 1.76. The molecule has 1 atom stereocenters. The fraction of sp³-hybridized carbons (Fsp3) is 0.750. The van der Waals surface area contributed by atoms with Crippen LogP contribution >= 0.6 is 36.2 Å². The number of nitrogens with one attached hydrogen (secondary N) is 1. The summed E-state index contributed by atoms with van der Waals surface area (Å²) in [6.45, 7) is 7.93. The number of likely N-dealkylation sites (tertiary alicyclic amines) is 1. The van der Waals surface area contributed by atoms with Crippen LogP contribution in [0.25, 0.3) is 0 Å². The number of nitrogens with zero attached hydrogens (tertiary/aromatic N) is 2. The van der Waals surface area contributed by atoms with Crippen LogP contribution in [-0.4, -0.2) is 41.5 Å². The van der Waals surface area contributed by atoms with Crippen molar-refractivity contribution >= 4 is 42.1 Å². The SMILES string of the molecule is CCc1nc(CN2CCC(CNC(=O)CC(C)N)CC2)cs1.Cl.Cl. The Hall–Kier alpha value is -0.400. The van der Waals surface area contributed by atoms with Crippen LogP contribution in [0.2, 0.25) is 0 Å². The van der Waals surface area contributed by atoms with Gasteiger partial charge >= 0.3 is 0 Å². The van der Waals surface area contributed by atoms with E-state index < -0.39 is 0 Å². The summed E-state index contributed by atoms with van der Waals surface area (Å²) in [5.41, 5.74) is 6.83. The zero-order valence-corrected chi connectivity index (χ0v) is 16.9. The number of halogens is 2. The van der Waals surface area contributed by atoms with Gasteiger partial charge in [0.1, 0.15) is 0 Å². The Labute approximate surface area is 161 Å². The average Bonchev–Trinajstić information content (AvgIpc) is 2.93. The molecule has 24 heavy (non-hydrogen) atoms. The quantitative estimate of drug-likeness (QED) is 0.742. The number of carbonyl (C=O) groups is 1. The number of thiazole rings is 1. The number of hydrogen-bond donors (Lipinski definition) is 2. The van der Waals surface area contributed by atoms with E-state index in [0.717, 1.165) is 45.4 Å². The number of carbonyl (C=O) groups excluding carboxylic acids is 1. The Balaban J connectivity index is 0.00000264. The van der Waals surface area contributed by atoms with E-state index in [1.807, 2.05) is 6.92 Å². The number of hydrogen-bond acceptors (Lipinski definition) is 5. The first-order valence-electron chi connectivity index (χ1n) is 8.24. The van der Waals surface area contributed by atoms with Crippen molar-refractivity contribution in [1.82, 2.24) is 15.2 Å². The van der Waals surface area contributed by atoms with Crippen molar-refractivity contribution in [3.63, 3.8) is 0 Å². The summed E-state index contributed by atoms with van der Waals surface area (Å²) in [5.74, 6) is 0.668. The molecule has 1 unspecified atom stereocenters. The van der Waals surface area contributed by atoms with E-state index in [4.69, 9.17) is 5.73 Å². The third-order valence-electron chi connectivity index (χ3n) is 4.09. The molecule has 1 aliphatic heterocycles. The highest BCUT2D eigenvalue weighted by atomic mass is 35.5. The van der Waals surface area contributed by atoms with Crippen molar-refractivity contribution in [3.8, 4) is 0 Å². The van der Waals surface area contributed by atoms with Gasteiger partial charge in [-0.05, 0) is 45.2 Å². The summed E-state index contributed by atoms with van der Waals surface area (Å²) in [7, 11) is 0. The average molecular weight is 397 g/mol. The Morgan fingerprint density at radius 1 is 1.46 bits per heavy atom. The number of piperidine rings is 1. The van der Waals surface area contributed by atoms with Crippen LogP contribution in [0.4, 0.5) is 0 Å². The molecule has 0 bridgehead atoms. The second-order valence-corrected chi connectivity index (χ2v) is 7.23. The minimum atomic E-state index is -0.0621. The molecule has 140 valence electrons. The summed E-state index contributed by atoms with van der Waals surface area (Å²) in [6.07, 6.45) is 3.72. The number of amides is 1. The van der Waals surface area contributed by atoms with Crippen molar-refractivity contribution in [3.05, 3.63) is 16.1 Å². The van der Waals surface area contributed by atoms with E-state index in [2.05, 4.69) is 27.5 Å². The maximum atomic E-state index is 11.6. The monoisotopic (exact) mass is 396 g/mol. The maximum absolute atomic E-state index is 11.6. The molecule has 0 spiro atoms. The van der Waals surface area contributed by atoms with E-state index in [1.54, 1.807) is 11.3 Å². The molecule has 3 N–H and O–H groups in total. The van der Waals surface area contributed by atoms with Gasteiger partial charge < -0.3 is 11.1 Å². The Morgan fingerprint density at radius 3 is 2.67 bits per heavy atom. The molecule has 1 aliphatic rings. The highest BCUT2D eigenvalue weighted by molar-refractivity contribution is 7.09. The summed E-state index contributed by atoms with van der Waals surface area (Å²) in [4.78, 5) is 18.7. The first-order valence-corrected chi connectivity index (χ1v) is 9.12. The van der Waals surface area contributed by atoms with Crippen LogP contribution in [-0.2, 0) is 17.8 Å². The molecule has 1 amide bonds. The van der Waals surface area contributed by atoms with E-state index in [9.17, 15) is 4.79 Å². The zero-order valence-electron chi connectivity index (χ0n) is 14.5. The van der Waals surface area contributed by atoms with E-state index in [0.29, 0.717) is 12.3 Å². The second kappa shape index (κ2) is 12.0. The topological polar surface area (TPSA) is 71.2 Å². The van der Waals surface area contributed by atoms with Crippen molar-refractivity contribution in [2.45, 2.75) is 52.1 Å². The third kappa shape index (κ3) is 8.12. The predicted octanol–water partition coefficient (Wildman–Crippen LogP) is 2.61. The molecular formula is C16H30Cl2N4OS. The summed E-state index contributed by atoms with van der Waals surface area (Å²) < 4.78 is 0. The van der Waals surface area contributed by atoms with Gasteiger partial charge in [0, 0.05) is 30.9 Å². The molecule has 0 saturated carbocycles. The Bertz CT molecular complexity index is 476. The van der Waals surface area contributed by atoms with Gasteiger partial charge in [-0.3, -0.25) is 9.69 Å². The van der Waals surface area contributed by atoms with Gasteiger partial charge in [0.25, 0.3) is 0 Å². The lowest BCUT2D eigenvalue weighted by Gasteiger charge is -2.31. The van der Waals surface area contributed by atoms with Gasteiger partial charge in [-0.1, -0.05) is 6.92 Å². The van der Waals surface area contributed by atoms with Crippen LogP contribution in [0, 0.1) is 5.92 Å². The van der Waals surface area contributed by atoms with Crippen LogP contribution in [0.1, 0.15) is 43.8 Å². The molecule has 0 aliphatic carbocycles. The molecule has 8 heteroatoms. The van der Waals surface area contributed by atoms with Gasteiger partial charge in [0.05, 0.1) is 10.7 Å². The fourth-order valence-corrected chi connectivity index (χ4v) is 3.52. The highest BCUT2D eigenvalue weighted by Gasteiger charge is 2.20. The number of rotatable bonds is 7. The smallest absolute Gasteiger partial charge is 0.221 e.